The lowest BCUT2D eigenvalue weighted by Gasteiger charge is -2.11. The summed E-state index contributed by atoms with van der Waals surface area (Å²) in [7, 11) is 0. The van der Waals surface area contributed by atoms with Crippen LogP contribution in [0.5, 0.6) is 0 Å². The highest BCUT2D eigenvalue weighted by Gasteiger charge is 2.44. The maximum atomic E-state index is 13.6. The highest BCUT2D eigenvalue weighted by atomic mass is 79.9. The van der Waals surface area contributed by atoms with Gasteiger partial charge in [0.25, 0.3) is 5.92 Å². The summed E-state index contributed by atoms with van der Waals surface area (Å²) in [5.41, 5.74) is 0.0480. The van der Waals surface area contributed by atoms with E-state index in [0.717, 1.165) is 12.1 Å². The molecule has 5 heteroatoms. The van der Waals surface area contributed by atoms with E-state index in [1.165, 1.54) is 12.1 Å². The molecular weight excluding hydrogens is 283 g/mol. The maximum absolute atomic E-state index is 13.6. The number of rotatable bonds is 2. The van der Waals surface area contributed by atoms with E-state index in [1.807, 2.05) is 0 Å². The van der Waals surface area contributed by atoms with Crippen molar-refractivity contribution in [3.8, 4) is 0 Å². The molecule has 1 aromatic rings. The van der Waals surface area contributed by atoms with Gasteiger partial charge in [0, 0.05) is 17.3 Å². The summed E-state index contributed by atoms with van der Waals surface area (Å²) in [5, 5.41) is 0.410. The molecule has 0 bridgehead atoms. The predicted octanol–water partition coefficient (Wildman–Crippen LogP) is 3.42. The number of hydrogen-bond acceptors (Lipinski definition) is 1. The molecule has 0 spiro atoms. The Morgan fingerprint density at radius 2 is 1.94 bits per heavy atom. The topological polar surface area (TPSA) is 12.4 Å². The van der Waals surface area contributed by atoms with Crippen molar-refractivity contribution in [2.75, 3.05) is 5.33 Å². The summed E-state index contributed by atoms with van der Waals surface area (Å²) in [6.07, 6.45) is -0.287. The molecule has 1 aromatic carbocycles. The molecule has 0 saturated carbocycles. The summed E-state index contributed by atoms with van der Waals surface area (Å²) in [4.78, 5) is 3.96. The molecule has 0 radical (unpaired) electrons. The number of benzene rings is 1. The molecule has 0 aromatic heterocycles. The molecule has 0 fully saturated rings. The average molecular weight is 292 g/mol. The average Bonchev–Trinajstić information content (AvgIpc) is 2.55. The van der Waals surface area contributed by atoms with Crippen LogP contribution >= 0.6 is 15.9 Å². The van der Waals surface area contributed by atoms with E-state index >= 15 is 0 Å². The number of aliphatic imine (C=N–C) groups is 1. The van der Waals surface area contributed by atoms with Crippen LogP contribution < -0.4 is 0 Å². The molecule has 0 aliphatic carbocycles. The highest BCUT2D eigenvalue weighted by molar-refractivity contribution is 9.09. The lowest BCUT2D eigenvalue weighted by atomic mass is 10.0. The van der Waals surface area contributed by atoms with Crippen molar-refractivity contribution in [3.63, 3.8) is 0 Å². The van der Waals surface area contributed by atoms with Crippen LogP contribution in [0.1, 0.15) is 12.0 Å². The van der Waals surface area contributed by atoms with Crippen LogP contribution in [-0.2, 0) is 0 Å². The van der Waals surface area contributed by atoms with Gasteiger partial charge in [-0.3, -0.25) is 4.99 Å². The molecule has 0 N–H and O–H groups in total. The third-order valence-electron chi connectivity index (χ3n) is 2.45. The second-order valence-electron chi connectivity index (χ2n) is 3.70. The molecular formula is C11H9BrF3N. The van der Waals surface area contributed by atoms with Crippen LogP contribution in [0.3, 0.4) is 0 Å². The summed E-state index contributed by atoms with van der Waals surface area (Å²) in [6, 6.07) is 4.58. The van der Waals surface area contributed by atoms with E-state index in [2.05, 4.69) is 20.9 Å². The number of hydrogen-bond donors (Lipinski definition) is 0. The number of alkyl halides is 3. The quantitative estimate of drug-likeness (QED) is 0.741. The highest BCUT2D eigenvalue weighted by Crippen LogP contribution is 2.34. The zero-order valence-electron chi connectivity index (χ0n) is 8.26. The van der Waals surface area contributed by atoms with Crippen molar-refractivity contribution < 1.29 is 13.2 Å². The van der Waals surface area contributed by atoms with Gasteiger partial charge in [-0.25, -0.2) is 4.39 Å². The fourth-order valence-electron chi connectivity index (χ4n) is 1.70. The first-order valence-electron chi connectivity index (χ1n) is 4.81. The lowest BCUT2D eigenvalue weighted by Crippen LogP contribution is -2.26. The fraction of sp³-hybridized carbons (Fsp3) is 0.364. The first-order chi connectivity index (χ1) is 7.53. The van der Waals surface area contributed by atoms with Crippen LogP contribution in [0.2, 0.25) is 0 Å². The molecule has 1 aliphatic rings. The SMILES string of the molecule is Fc1ccc(C2=NC(CBr)CC2(F)F)cc1. The summed E-state index contributed by atoms with van der Waals surface area (Å²) < 4.78 is 39.8. The molecule has 16 heavy (non-hydrogen) atoms. The van der Waals surface area contributed by atoms with Gasteiger partial charge in [0.05, 0.1) is 6.04 Å². The van der Waals surface area contributed by atoms with Crippen molar-refractivity contribution in [3.05, 3.63) is 35.6 Å². The van der Waals surface area contributed by atoms with E-state index in [9.17, 15) is 13.2 Å². The zero-order chi connectivity index (χ0) is 11.8. The summed E-state index contributed by atoms with van der Waals surface area (Å²) in [5.74, 6) is -3.36. The molecule has 1 heterocycles. The molecule has 0 amide bonds. The maximum Gasteiger partial charge on any atom is 0.291 e. The van der Waals surface area contributed by atoms with Gasteiger partial charge >= 0.3 is 0 Å². The standard InChI is InChI=1S/C11H9BrF3N/c12-6-9-5-11(14,15)10(16-9)7-1-3-8(13)4-2-7/h1-4,9H,5-6H2. The Kier molecular flexibility index (Phi) is 3.06. The van der Waals surface area contributed by atoms with Crippen molar-refractivity contribution in [1.82, 2.24) is 0 Å². The Hall–Kier alpha value is -0.840. The van der Waals surface area contributed by atoms with Gasteiger partial charge in [0.1, 0.15) is 11.5 Å². The van der Waals surface area contributed by atoms with Crippen molar-refractivity contribution in [1.29, 1.82) is 0 Å². The summed E-state index contributed by atoms with van der Waals surface area (Å²) >= 11 is 3.14. The van der Waals surface area contributed by atoms with Crippen LogP contribution in [-0.4, -0.2) is 23.0 Å². The third-order valence-corrected chi connectivity index (χ3v) is 3.19. The smallest absolute Gasteiger partial charge is 0.278 e. The second-order valence-corrected chi connectivity index (χ2v) is 4.35. The van der Waals surface area contributed by atoms with Crippen molar-refractivity contribution in [2.45, 2.75) is 18.4 Å². The first-order valence-corrected chi connectivity index (χ1v) is 5.93. The zero-order valence-corrected chi connectivity index (χ0v) is 9.85. The Balaban J connectivity index is 2.35. The van der Waals surface area contributed by atoms with Crippen LogP contribution in [0.25, 0.3) is 0 Å². The first kappa shape index (κ1) is 11.6. The van der Waals surface area contributed by atoms with Gasteiger partial charge < -0.3 is 0 Å². The lowest BCUT2D eigenvalue weighted by molar-refractivity contribution is 0.0753. The van der Waals surface area contributed by atoms with Crippen molar-refractivity contribution in [2.24, 2.45) is 4.99 Å². The van der Waals surface area contributed by atoms with Gasteiger partial charge in [-0.15, -0.1) is 0 Å². The van der Waals surface area contributed by atoms with E-state index in [0.29, 0.717) is 5.33 Å². The van der Waals surface area contributed by atoms with E-state index in [-0.39, 0.29) is 17.7 Å². The largest absolute Gasteiger partial charge is 0.291 e. The van der Waals surface area contributed by atoms with E-state index < -0.39 is 17.8 Å². The number of halogens is 4. The third kappa shape index (κ3) is 2.14. The molecule has 2 rings (SSSR count). The van der Waals surface area contributed by atoms with Gasteiger partial charge in [-0.1, -0.05) is 28.1 Å². The van der Waals surface area contributed by atoms with Gasteiger partial charge in [-0.05, 0) is 12.1 Å². The van der Waals surface area contributed by atoms with Crippen LogP contribution in [0.15, 0.2) is 29.3 Å². The molecule has 1 aliphatic heterocycles. The minimum Gasteiger partial charge on any atom is -0.278 e. The second kappa shape index (κ2) is 4.20. The monoisotopic (exact) mass is 291 g/mol. The van der Waals surface area contributed by atoms with Crippen molar-refractivity contribution >= 4 is 21.6 Å². The number of nitrogens with zero attached hydrogens (tertiary/aromatic N) is 1. The minimum absolute atomic E-state index is 0.239. The molecule has 0 saturated heterocycles. The molecule has 86 valence electrons. The van der Waals surface area contributed by atoms with Gasteiger partial charge in [0.15, 0.2) is 0 Å². The molecule has 1 unspecified atom stereocenters. The van der Waals surface area contributed by atoms with Gasteiger partial charge in [0.2, 0.25) is 0 Å². The predicted molar refractivity (Wildman–Crippen MR) is 60.1 cm³/mol. The Morgan fingerprint density at radius 3 is 2.44 bits per heavy atom. The van der Waals surface area contributed by atoms with Gasteiger partial charge in [-0.2, -0.15) is 8.78 Å². The van der Waals surface area contributed by atoms with Crippen LogP contribution in [0, 0.1) is 5.82 Å². The Labute approximate surface area is 99.5 Å². The molecule has 1 atom stereocenters. The fourth-order valence-corrected chi connectivity index (χ4v) is 2.07. The van der Waals surface area contributed by atoms with E-state index in [4.69, 9.17) is 0 Å². The molecule has 1 nitrogen and oxygen atoms in total. The Morgan fingerprint density at radius 1 is 1.31 bits per heavy atom. The van der Waals surface area contributed by atoms with Crippen LogP contribution in [0.4, 0.5) is 13.2 Å². The minimum atomic E-state index is -2.92. The normalized spacial score (nSPS) is 23.2. The van der Waals surface area contributed by atoms with E-state index in [1.54, 1.807) is 0 Å². The Bertz CT molecular complexity index is 414. The summed E-state index contributed by atoms with van der Waals surface area (Å²) in [6.45, 7) is 0.